The maximum absolute atomic E-state index is 12.6. The fourth-order valence-corrected chi connectivity index (χ4v) is 3.71. The van der Waals surface area contributed by atoms with E-state index in [0.717, 1.165) is 37.9 Å². The van der Waals surface area contributed by atoms with Crippen molar-refractivity contribution < 1.29 is 19.1 Å². The van der Waals surface area contributed by atoms with Crippen LogP contribution >= 0.6 is 11.3 Å². The summed E-state index contributed by atoms with van der Waals surface area (Å²) in [6.07, 6.45) is 0. The molecule has 2 heterocycles. The van der Waals surface area contributed by atoms with Crippen molar-refractivity contribution >= 4 is 28.9 Å². The van der Waals surface area contributed by atoms with Crippen LogP contribution in [0.2, 0.25) is 0 Å². The van der Waals surface area contributed by atoms with E-state index in [1.165, 1.54) is 18.4 Å². The molecule has 0 aliphatic carbocycles. The molecule has 0 radical (unpaired) electrons. The molecular weight excluding hydrogens is 354 g/mol. The van der Waals surface area contributed by atoms with Gasteiger partial charge in [0.05, 0.1) is 38.1 Å². The molecule has 2 aromatic rings. The van der Waals surface area contributed by atoms with Gasteiger partial charge < -0.3 is 14.8 Å². The largest absolute Gasteiger partial charge is 0.465 e. The number of amides is 1. The van der Waals surface area contributed by atoms with Crippen LogP contribution in [0, 0.1) is 6.92 Å². The third-order valence-corrected chi connectivity index (χ3v) is 5.19. The van der Waals surface area contributed by atoms with E-state index in [-0.39, 0.29) is 5.91 Å². The van der Waals surface area contributed by atoms with Crippen LogP contribution in [0.15, 0.2) is 24.3 Å². The van der Waals surface area contributed by atoms with Crippen LogP contribution in [0.4, 0.5) is 5.69 Å². The van der Waals surface area contributed by atoms with Crippen molar-refractivity contribution in [1.82, 2.24) is 9.88 Å². The maximum Gasteiger partial charge on any atom is 0.337 e. The van der Waals surface area contributed by atoms with Crippen LogP contribution < -0.4 is 5.32 Å². The van der Waals surface area contributed by atoms with E-state index in [4.69, 9.17) is 9.47 Å². The van der Waals surface area contributed by atoms with Gasteiger partial charge in [0.25, 0.3) is 5.91 Å². The van der Waals surface area contributed by atoms with E-state index in [9.17, 15) is 9.59 Å². The molecule has 3 rings (SSSR count). The Kier molecular flexibility index (Phi) is 5.97. The van der Waals surface area contributed by atoms with Gasteiger partial charge >= 0.3 is 5.97 Å². The van der Waals surface area contributed by atoms with Crippen LogP contribution in [0.5, 0.6) is 0 Å². The van der Waals surface area contributed by atoms with Crippen LogP contribution in [0.25, 0.3) is 0 Å². The highest BCUT2D eigenvalue weighted by atomic mass is 32.1. The summed E-state index contributed by atoms with van der Waals surface area (Å²) in [5.74, 6) is -0.668. The lowest BCUT2D eigenvalue weighted by atomic mass is 10.2. The summed E-state index contributed by atoms with van der Waals surface area (Å²) in [7, 11) is 1.32. The van der Waals surface area contributed by atoms with Gasteiger partial charge in [-0.1, -0.05) is 6.07 Å². The summed E-state index contributed by atoms with van der Waals surface area (Å²) in [6, 6.07) is 6.66. The first-order valence-electron chi connectivity index (χ1n) is 8.33. The number of hydrogen-bond acceptors (Lipinski definition) is 7. The Balaban J connectivity index is 1.69. The zero-order valence-corrected chi connectivity index (χ0v) is 15.6. The van der Waals surface area contributed by atoms with E-state index in [0.29, 0.717) is 21.8 Å². The highest BCUT2D eigenvalue weighted by Gasteiger charge is 2.19. The molecular formula is C18H21N3O4S. The number of methoxy groups -OCH3 is 1. The van der Waals surface area contributed by atoms with Crippen LogP contribution in [-0.2, 0) is 16.0 Å². The molecule has 0 spiro atoms. The normalized spacial score (nSPS) is 14.8. The van der Waals surface area contributed by atoms with Gasteiger partial charge in [-0.05, 0) is 25.1 Å². The van der Waals surface area contributed by atoms with Gasteiger partial charge in [-0.3, -0.25) is 9.69 Å². The van der Waals surface area contributed by atoms with Crippen molar-refractivity contribution in [3.63, 3.8) is 0 Å². The molecule has 7 nitrogen and oxygen atoms in total. The third kappa shape index (κ3) is 4.46. The van der Waals surface area contributed by atoms with E-state index in [1.807, 2.05) is 6.92 Å². The average molecular weight is 375 g/mol. The van der Waals surface area contributed by atoms with Crippen LogP contribution in [0.1, 0.15) is 30.7 Å². The van der Waals surface area contributed by atoms with Gasteiger partial charge in [-0.25, -0.2) is 9.78 Å². The van der Waals surface area contributed by atoms with Crippen molar-refractivity contribution in [2.75, 3.05) is 38.7 Å². The topological polar surface area (TPSA) is 80.8 Å². The number of benzene rings is 1. The Labute approximate surface area is 155 Å². The summed E-state index contributed by atoms with van der Waals surface area (Å²) < 4.78 is 10.1. The molecule has 1 N–H and O–H groups in total. The molecule has 1 aliphatic heterocycles. The number of carbonyl (C=O) groups excluding carboxylic acids is 2. The molecule has 1 aliphatic rings. The Bertz CT molecular complexity index is 799. The second-order valence-electron chi connectivity index (χ2n) is 5.94. The number of morpholine rings is 1. The molecule has 26 heavy (non-hydrogen) atoms. The number of carbonyl (C=O) groups is 2. The number of rotatable bonds is 5. The SMILES string of the molecule is COC(=O)c1cccc(NC(=O)c2sc(CN3CCOCC3)nc2C)c1. The molecule has 0 unspecified atom stereocenters. The second kappa shape index (κ2) is 8.39. The molecule has 1 fully saturated rings. The number of thiazole rings is 1. The highest BCUT2D eigenvalue weighted by molar-refractivity contribution is 7.13. The molecule has 8 heteroatoms. The Morgan fingerprint density at radius 1 is 1.35 bits per heavy atom. The minimum Gasteiger partial charge on any atom is -0.465 e. The number of nitrogens with one attached hydrogen (secondary N) is 1. The fourth-order valence-electron chi connectivity index (χ4n) is 2.71. The Morgan fingerprint density at radius 2 is 2.12 bits per heavy atom. The lowest BCUT2D eigenvalue weighted by Gasteiger charge is -2.25. The second-order valence-corrected chi connectivity index (χ2v) is 7.02. The molecule has 0 bridgehead atoms. The zero-order chi connectivity index (χ0) is 18.5. The summed E-state index contributed by atoms with van der Waals surface area (Å²) >= 11 is 1.40. The van der Waals surface area contributed by atoms with Crippen LogP contribution in [0.3, 0.4) is 0 Å². The van der Waals surface area contributed by atoms with Gasteiger partial charge in [0, 0.05) is 18.8 Å². The summed E-state index contributed by atoms with van der Waals surface area (Å²) in [4.78, 5) is 31.6. The third-order valence-electron chi connectivity index (χ3n) is 4.05. The standard InChI is InChI=1S/C18H21N3O4S/c1-12-16(26-15(19-12)11-21-6-8-25-9-7-21)17(22)20-14-5-3-4-13(10-14)18(23)24-2/h3-5,10H,6-9,11H2,1-2H3,(H,20,22). The molecule has 0 saturated carbocycles. The minimum absolute atomic E-state index is 0.227. The van der Waals surface area contributed by atoms with Crippen molar-refractivity contribution in [1.29, 1.82) is 0 Å². The molecule has 1 saturated heterocycles. The smallest absolute Gasteiger partial charge is 0.337 e. The first-order chi connectivity index (χ1) is 12.6. The van der Waals surface area contributed by atoms with Crippen molar-refractivity contribution in [2.45, 2.75) is 13.5 Å². The van der Waals surface area contributed by atoms with Crippen LogP contribution in [-0.4, -0.2) is 55.2 Å². The number of nitrogens with zero attached hydrogens (tertiary/aromatic N) is 2. The number of ether oxygens (including phenoxy) is 2. The van der Waals surface area contributed by atoms with Crippen molar-refractivity contribution in [3.8, 4) is 0 Å². The number of aromatic nitrogens is 1. The lowest BCUT2D eigenvalue weighted by molar-refractivity contribution is 0.0341. The van der Waals surface area contributed by atoms with Crippen molar-refractivity contribution in [2.24, 2.45) is 0 Å². The van der Waals surface area contributed by atoms with E-state index >= 15 is 0 Å². The first-order valence-corrected chi connectivity index (χ1v) is 9.14. The number of aryl methyl sites for hydroxylation is 1. The number of anilines is 1. The van der Waals surface area contributed by atoms with E-state index in [2.05, 4.69) is 15.2 Å². The molecule has 138 valence electrons. The summed E-state index contributed by atoms with van der Waals surface area (Å²) in [5.41, 5.74) is 1.64. The molecule has 1 amide bonds. The van der Waals surface area contributed by atoms with E-state index < -0.39 is 5.97 Å². The van der Waals surface area contributed by atoms with E-state index in [1.54, 1.807) is 24.3 Å². The van der Waals surface area contributed by atoms with Gasteiger partial charge in [-0.15, -0.1) is 11.3 Å². The number of esters is 1. The quantitative estimate of drug-likeness (QED) is 0.808. The minimum atomic E-state index is -0.442. The van der Waals surface area contributed by atoms with Gasteiger partial charge in [-0.2, -0.15) is 0 Å². The van der Waals surface area contributed by atoms with Crippen molar-refractivity contribution in [3.05, 3.63) is 45.4 Å². The number of hydrogen-bond donors (Lipinski definition) is 1. The molecule has 1 aromatic carbocycles. The molecule has 0 atom stereocenters. The van der Waals surface area contributed by atoms with Gasteiger partial charge in [0.2, 0.25) is 0 Å². The Hall–Kier alpha value is -2.29. The predicted molar refractivity (Wildman–Crippen MR) is 98.7 cm³/mol. The lowest BCUT2D eigenvalue weighted by Crippen LogP contribution is -2.35. The molecule has 1 aromatic heterocycles. The monoisotopic (exact) mass is 375 g/mol. The predicted octanol–water partition coefficient (Wildman–Crippen LogP) is 2.32. The van der Waals surface area contributed by atoms with Gasteiger partial charge in [0.15, 0.2) is 0 Å². The summed E-state index contributed by atoms with van der Waals surface area (Å²) in [5, 5.41) is 3.74. The zero-order valence-electron chi connectivity index (χ0n) is 14.8. The maximum atomic E-state index is 12.6. The summed E-state index contributed by atoms with van der Waals surface area (Å²) in [6.45, 7) is 5.77. The first kappa shape index (κ1) is 18.5. The highest BCUT2D eigenvalue weighted by Crippen LogP contribution is 2.22. The Morgan fingerprint density at radius 3 is 2.85 bits per heavy atom. The fraction of sp³-hybridized carbons (Fsp3) is 0.389. The van der Waals surface area contributed by atoms with Gasteiger partial charge in [0.1, 0.15) is 9.88 Å². The average Bonchev–Trinajstić information content (AvgIpc) is 3.02.